The molecule has 4 nitrogen and oxygen atoms in total. The molecule has 0 radical (unpaired) electrons. The number of anilines is 3. The van der Waals surface area contributed by atoms with Gasteiger partial charge in [0.15, 0.2) is 0 Å². The lowest BCUT2D eigenvalue weighted by molar-refractivity contribution is 0.841. The largest absolute Gasteiger partial charge is 0.302 e. The Morgan fingerprint density at radius 1 is 0.550 bits per heavy atom. The molecule has 2 aromatic heterocycles. The standard InChI is InChI=1S/C36H32N4/c1-24-15-19-28(20-16-24)34-32-26(3)23-38(29-11-7-5-8-12-29)35(32)39(30-21-17-25(2)18-22-30)36-33(34)27(4)37-40(36)31-13-9-6-10-14-31/h5-23,34H,1-4H3/t34-/m1/s1. The fourth-order valence-corrected chi connectivity index (χ4v) is 6.11. The second-order valence-electron chi connectivity index (χ2n) is 10.8. The summed E-state index contributed by atoms with van der Waals surface area (Å²) in [7, 11) is 0. The van der Waals surface area contributed by atoms with Crippen LogP contribution in [0.4, 0.5) is 17.3 Å². The summed E-state index contributed by atoms with van der Waals surface area (Å²) >= 11 is 0. The van der Waals surface area contributed by atoms with Crippen LogP contribution in [-0.2, 0) is 0 Å². The highest BCUT2D eigenvalue weighted by atomic mass is 15.4. The van der Waals surface area contributed by atoms with E-state index >= 15 is 0 Å². The average molecular weight is 521 g/mol. The Morgan fingerprint density at radius 2 is 1.12 bits per heavy atom. The molecule has 1 aliphatic rings. The minimum atomic E-state index is 0.0507. The van der Waals surface area contributed by atoms with Crippen molar-refractivity contribution in [1.29, 1.82) is 0 Å². The summed E-state index contributed by atoms with van der Waals surface area (Å²) in [6.07, 6.45) is 2.30. The first-order valence-corrected chi connectivity index (χ1v) is 13.9. The zero-order valence-electron chi connectivity index (χ0n) is 23.3. The molecule has 7 rings (SSSR count). The number of benzene rings is 4. The van der Waals surface area contributed by atoms with Gasteiger partial charge >= 0.3 is 0 Å². The number of aromatic nitrogens is 3. The highest BCUT2D eigenvalue weighted by molar-refractivity contribution is 5.86. The van der Waals surface area contributed by atoms with E-state index in [1.165, 1.54) is 33.4 Å². The molecule has 0 N–H and O–H groups in total. The third-order valence-electron chi connectivity index (χ3n) is 8.04. The van der Waals surface area contributed by atoms with Gasteiger partial charge in [-0.15, -0.1) is 0 Å². The first-order valence-electron chi connectivity index (χ1n) is 13.9. The van der Waals surface area contributed by atoms with Crippen molar-refractivity contribution in [3.05, 3.63) is 154 Å². The number of hydrogen-bond donors (Lipinski definition) is 0. The van der Waals surface area contributed by atoms with Crippen LogP contribution in [0.25, 0.3) is 11.4 Å². The summed E-state index contributed by atoms with van der Waals surface area (Å²) in [4.78, 5) is 2.42. The van der Waals surface area contributed by atoms with Crippen LogP contribution in [0.15, 0.2) is 115 Å². The maximum absolute atomic E-state index is 5.21. The lowest BCUT2D eigenvalue weighted by Gasteiger charge is -2.36. The molecule has 0 aliphatic carbocycles. The van der Waals surface area contributed by atoms with Crippen molar-refractivity contribution in [2.24, 2.45) is 0 Å². The van der Waals surface area contributed by atoms with Gasteiger partial charge in [-0.3, -0.25) is 4.90 Å². The fourth-order valence-electron chi connectivity index (χ4n) is 6.11. The third-order valence-corrected chi connectivity index (χ3v) is 8.04. The van der Waals surface area contributed by atoms with Crippen LogP contribution in [-0.4, -0.2) is 14.3 Å². The number of hydrogen-bond acceptors (Lipinski definition) is 2. The van der Waals surface area contributed by atoms with Crippen LogP contribution in [0.3, 0.4) is 0 Å². The van der Waals surface area contributed by atoms with Crippen molar-refractivity contribution in [3.63, 3.8) is 0 Å². The van der Waals surface area contributed by atoms with E-state index in [0.29, 0.717) is 0 Å². The summed E-state index contributed by atoms with van der Waals surface area (Å²) in [6.45, 7) is 8.69. The SMILES string of the molecule is Cc1ccc([C@@H]2c3c(C)cn(-c4ccccc4)c3N(c3ccc(C)cc3)c3c2c(C)nn3-c2ccccc2)cc1. The molecule has 0 saturated heterocycles. The molecule has 1 atom stereocenters. The monoisotopic (exact) mass is 520 g/mol. The van der Waals surface area contributed by atoms with E-state index in [9.17, 15) is 0 Å². The van der Waals surface area contributed by atoms with Gasteiger partial charge in [-0.1, -0.05) is 83.9 Å². The molecule has 3 heterocycles. The number of rotatable bonds is 4. The fraction of sp³-hybridized carbons (Fsp3) is 0.139. The van der Waals surface area contributed by atoms with Gasteiger partial charge in [-0.2, -0.15) is 5.10 Å². The zero-order valence-corrected chi connectivity index (χ0v) is 23.3. The quantitative estimate of drug-likeness (QED) is 0.232. The van der Waals surface area contributed by atoms with Gasteiger partial charge in [-0.25, -0.2) is 4.68 Å². The first kappa shape index (κ1) is 24.2. The molecule has 0 spiro atoms. The summed E-state index contributed by atoms with van der Waals surface area (Å²) in [5, 5.41) is 5.21. The number of fused-ring (bicyclic) bond motifs is 2. The van der Waals surface area contributed by atoms with E-state index in [2.05, 4.69) is 157 Å². The molecule has 1 aliphatic heterocycles. The molecular weight excluding hydrogens is 488 g/mol. The summed E-state index contributed by atoms with van der Waals surface area (Å²) in [6, 6.07) is 39.0. The van der Waals surface area contributed by atoms with Crippen LogP contribution in [0.1, 0.15) is 45.0 Å². The molecule has 4 heteroatoms. The molecule has 0 saturated carbocycles. The van der Waals surface area contributed by atoms with E-state index in [1.54, 1.807) is 0 Å². The Bertz CT molecular complexity index is 1720. The maximum atomic E-state index is 5.21. The van der Waals surface area contributed by atoms with Crippen molar-refractivity contribution in [2.75, 3.05) is 4.90 Å². The van der Waals surface area contributed by atoms with E-state index in [1.807, 2.05) is 0 Å². The Balaban J connectivity index is 1.62. The lowest BCUT2D eigenvalue weighted by atomic mass is 9.81. The van der Waals surface area contributed by atoms with Gasteiger partial charge < -0.3 is 4.57 Å². The molecule has 196 valence electrons. The smallest absolute Gasteiger partial charge is 0.147 e. The predicted octanol–water partition coefficient (Wildman–Crippen LogP) is 8.86. The molecule has 0 fully saturated rings. The molecule has 40 heavy (non-hydrogen) atoms. The van der Waals surface area contributed by atoms with Crippen molar-refractivity contribution in [2.45, 2.75) is 33.6 Å². The van der Waals surface area contributed by atoms with Crippen LogP contribution < -0.4 is 4.90 Å². The van der Waals surface area contributed by atoms with Gasteiger partial charge in [-0.05, 0) is 75.2 Å². The molecule has 6 aromatic rings. The Kier molecular flexibility index (Phi) is 5.71. The first-order chi connectivity index (χ1) is 19.5. The van der Waals surface area contributed by atoms with Crippen molar-refractivity contribution < 1.29 is 0 Å². The van der Waals surface area contributed by atoms with Crippen molar-refractivity contribution in [1.82, 2.24) is 14.3 Å². The van der Waals surface area contributed by atoms with Crippen LogP contribution >= 0.6 is 0 Å². The summed E-state index contributed by atoms with van der Waals surface area (Å²) in [5.41, 5.74) is 11.9. The third kappa shape index (κ3) is 3.79. The van der Waals surface area contributed by atoms with Crippen molar-refractivity contribution in [3.8, 4) is 11.4 Å². The molecular formula is C36H32N4. The Labute approximate surface area is 235 Å². The second-order valence-corrected chi connectivity index (χ2v) is 10.8. The van der Waals surface area contributed by atoms with Gasteiger partial charge in [0.2, 0.25) is 0 Å². The Hall–Kier alpha value is -4.83. The molecule has 0 bridgehead atoms. The minimum Gasteiger partial charge on any atom is -0.302 e. The second kappa shape index (κ2) is 9.42. The highest BCUT2D eigenvalue weighted by Crippen LogP contribution is 2.55. The lowest BCUT2D eigenvalue weighted by Crippen LogP contribution is -2.26. The minimum absolute atomic E-state index is 0.0507. The highest BCUT2D eigenvalue weighted by Gasteiger charge is 2.41. The molecule has 0 amide bonds. The van der Waals surface area contributed by atoms with Gasteiger partial charge in [0, 0.05) is 34.6 Å². The number of para-hydroxylation sites is 2. The summed E-state index contributed by atoms with van der Waals surface area (Å²) in [5.74, 6) is 2.29. The molecule has 0 unspecified atom stereocenters. The predicted molar refractivity (Wildman–Crippen MR) is 164 cm³/mol. The topological polar surface area (TPSA) is 26.0 Å². The average Bonchev–Trinajstić information content (AvgIpc) is 3.51. The van der Waals surface area contributed by atoms with E-state index in [-0.39, 0.29) is 5.92 Å². The van der Waals surface area contributed by atoms with Gasteiger partial charge in [0.1, 0.15) is 11.6 Å². The van der Waals surface area contributed by atoms with E-state index in [4.69, 9.17) is 5.10 Å². The normalized spacial score (nSPS) is 14.2. The molecule has 4 aromatic carbocycles. The Morgan fingerprint density at radius 3 is 1.75 bits per heavy atom. The maximum Gasteiger partial charge on any atom is 0.147 e. The van der Waals surface area contributed by atoms with Crippen molar-refractivity contribution >= 4 is 17.3 Å². The van der Waals surface area contributed by atoms with Crippen LogP contribution in [0, 0.1) is 27.7 Å². The van der Waals surface area contributed by atoms with E-state index < -0.39 is 0 Å². The van der Waals surface area contributed by atoms with E-state index in [0.717, 1.165) is 34.4 Å². The number of nitrogens with zero attached hydrogens (tertiary/aromatic N) is 4. The van der Waals surface area contributed by atoms with Crippen LogP contribution in [0.2, 0.25) is 0 Å². The van der Waals surface area contributed by atoms with Gasteiger partial charge in [0.25, 0.3) is 0 Å². The number of aryl methyl sites for hydroxylation is 4. The van der Waals surface area contributed by atoms with Crippen LogP contribution in [0.5, 0.6) is 0 Å². The summed E-state index contributed by atoms with van der Waals surface area (Å²) < 4.78 is 4.48. The zero-order chi connectivity index (χ0) is 27.4. The van der Waals surface area contributed by atoms with Gasteiger partial charge in [0.05, 0.1) is 11.4 Å².